The summed E-state index contributed by atoms with van der Waals surface area (Å²) in [5, 5.41) is 2.46. The third-order valence-electron chi connectivity index (χ3n) is 6.07. The maximum Gasteiger partial charge on any atom is 0.306 e. The summed E-state index contributed by atoms with van der Waals surface area (Å²) in [7, 11) is 3.04. The van der Waals surface area contributed by atoms with Crippen LogP contribution in [0.15, 0.2) is 0 Å². The second-order valence-electron chi connectivity index (χ2n) is 8.37. The molecule has 0 heterocycles. The summed E-state index contributed by atoms with van der Waals surface area (Å²) < 4.78 is 5.44. The maximum absolute atomic E-state index is 12.3. The quantitative estimate of drug-likeness (QED) is 0.531. The van der Waals surface area contributed by atoms with Gasteiger partial charge < -0.3 is 15.0 Å². The van der Waals surface area contributed by atoms with E-state index in [1.807, 2.05) is 0 Å². The minimum atomic E-state index is -0.362. The van der Waals surface area contributed by atoms with Crippen molar-refractivity contribution in [1.29, 1.82) is 0 Å². The smallest absolute Gasteiger partial charge is 0.306 e. The highest BCUT2D eigenvalue weighted by atomic mass is 79.9. The summed E-state index contributed by atoms with van der Waals surface area (Å²) in [5.74, 6) is 0.528. The second kappa shape index (κ2) is 6.89. The number of rotatable bonds is 6. The number of esters is 1. The van der Waals surface area contributed by atoms with Crippen LogP contribution in [0.25, 0.3) is 0 Å². The van der Waals surface area contributed by atoms with E-state index in [1.54, 1.807) is 0 Å². The number of likely N-dealkylation sites (N-methyl/N-ethyl adjacent to an activating group) is 2. The molecule has 4 saturated carbocycles. The molecule has 2 amide bonds. The molecule has 0 aliphatic heterocycles. The Morgan fingerprint density at radius 1 is 1.20 bits per heavy atom. The van der Waals surface area contributed by atoms with Crippen molar-refractivity contribution in [2.75, 3.05) is 27.2 Å². The Bertz CT molecular complexity index is 565. The molecule has 4 fully saturated rings. The highest BCUT2D eigenvalue weighted by Gasteiger charge is 2.57. The highest BCUT2D eigenvalue weighted by Crippen LogP contribution is 2.65. The second-order valence-corrected chi connectivity index (χ2v) is 10.1. The maximum atomic E-state index is 12.3. The lowest BCUT2D eigenvalue weighted by molar-refractivity contribution is -0.157. The van der Waals surface area contributed by atoms with Crippen LogP contribution in [-0.4, -0.2) is 54.3 Å². The average Bonchev–Trinajstić information content (AvgIpc) is 2.49. The van der Waals surface area contributed by atoms with E-state index in [0.717, 1.165) is 19.3 Å². The fraction of sp³-hybridized carbons (Fsp3) is 0.833. The Morgan fingerprint density at radius 2 is 1.84 bits per heavy atom. The van der Waals surface area contributed by atoms with Crippen LogP contribution in [0.2, 0.25) is 0 Å². The van der Waals surface area contributed by atoms with E-state index in [-0.39, 0.29) is 40.7 Å². The van der Waals surface area contributed by atoms with Crippen molar-refractivity contribution in [3.63, 3.8) is 0 Å². The third-order valence-corrected chi connectivity index (χ3v) is 7.00. The lowest BCUT2D eigenvalue weighted by atomic mass is 9.49. The van der Waals surface area contributed by atoms with E-state index in [2.05, 4.69) is 21.2 Å². The number of carbonyl (C=O) groups excluding carboxylic acids is 3. The van der Waals surface area contributed by atoms with E-state index in [4.69, 9.17) is 4.74 Å². The molecule has 4 bridgehead atoms. The summed E-state index contributed by atoms with van der Waals surface area (Å²) in [6.45, 7) is -0.332. The van der Waals surface area contributed by atoms with Gasteiger partial charge in [-0.2, -0.15) is 0 Å². The van der Waals surface area contributed by atoms with Gasteiger partial charge in [-0.25, -0.2) is 0 Å². The number of nitrogens with zero attached hydrogens (tertiary/aromatic N) is 1. The molecule has 1 N–H and O–H groups in total. The predicted molar refractivity (Wildman–Crippen MR) is 96.1 cm³/mol. The number of alkyl halides is 1. The molecule has 140 valence electrons. The molecule has 0 aromatic carbocycles. The summed E-state index contributed by atoms with van der Waals surface area (Å²) in [6, 6.07) is 0. The van der Waals surface area contributed by atoms with Crippen LogP contribution in [-0.2, 0) is 19.1 Å². The summed E-state index contributed by atoms with van der Waals surface area (Å²) in [4.78, 5) is 36.9. The van der Waals surface area contributed by atoms with E-state index >= 15 is 0 Å². The lowest BCUT2D eigenvalue weighted by Crippen LogP contribution is -2.53. The van der Waals surface area contributed by atoms with Crippen LogP contribution in [0, 0.1) is 17.3 Å². The van der Waals surface area contributed by atoms with Crippen LogP contribution in [0.4, 0.5) is 0 Å². The van der Waals surface area contributed by atoms with Crippen LogP contribution < -0.4 is 5.32 Å². The molecular weight excluding hydrogens is 388 g/mol. The molecule has 4 atom stereocenters. The van der Waals surface area contributed by atoms with Gasteiger partial charge in [0.1, 0.15) is 0 Å². The van der Waals surface area contributed by atoms with Gasteiger partial charge in [-0.3, -0.25) is 14.4 Å². The number of halogens is 1. The van der Waals surface area contributed by atoms with Gasteiger partial charge in [-0.05, 0) is 55.8 Å². The van der Waals surface area contributed by atoms with Crippen molar-refractivity contribution in [3.05, 3.63) is 0 Å². The molecule has 25 heavy (non-hydrogen) atoms. The molecular formula is C18H27BrN2O4. The predicted octanol–water partition coefficient (Wildman–Crippen LogP) is 1.86. The zero-order valence-electron chi connectivity index (χ0n) is 15.0. The summed E-state index contributed by atoms with van der Waals surface area (Å²) in [5.41, 5.74) is 0.0434. The van der Waals surface area contributed by atoms with Crippen molar-refractivity contribution in [2.24, 2.45) is 17.3 Å². The van der Waals surface area contributed by atoms with Gasteiger partial charge in [-0.15, -0.1) is 0 Å². The van der Waals surface area contributed by atoms with Crippen molar-refractivity contribution < 1.29 is 19.1 Å². The van der Waals surface area contributed by atoms with Gasteiger partial charge in [0.25, 0.3) is 5.91 Å². The lowest BCUT2D eigenvalue weighted by Gasteiger charge is -2.60. The first-order valence-corrected chi connectivity index (χ1v) is 9.81. The number of amides is 2. The van der Waals surface area contributed by atoms with Gasteiger partial charge in [0.2, 0.25) is 5.91 Å². The SMILES string of the molecule is CNC(=O)CN(C)C(=O)COC(=O)CC12C[C@@H]3C[C@@H](CC(Br)(C3)C1)C2. The van der Waals surface area contributed by atoms with Gasteiger partial charge in [0.05, 0.1) is 13.0 Å². The zero-order chi connectivity index (χ0) is 18.2. The van der Waals surface area contributed by atoms with E-state index in [9.17, 15) is 14.4 Å². The van der Waals surface area contributed by atoms with Crippen LogP contribution in [0.5, 0.6) is 0 Å². The van der Waals surface area contributed by atoms with Crippen molar-refractivity contribution in [1.82, 2.24) is 10.2 Å². The van der Waals surface area contributed by atoms with Crippen molar-refractivity contribution in [3.8, 4) is 0 Å². The number of hydrogen-bond acceptors (Lipinski definition) is 4. The molecule has 7 heteroatoms. The molecule has 0 radical (unpaired) electrons. The molecule has 0 aromatic rings. The van der Waals surface area contributed by atoms with Crippen LogP contribution in [0.1, 0.15) is 44.9 Å². The minimum Gasteiger partial charge on any atom is -0.456 e. The summed E-state index contributed by atoms with van der Waals surface area (Å²) in [6.07, 6.45) is 7.40. The normalized spacial score (nSPS) is 35.3. The number of carbonyl (C=O) groups is 3. The van der Waals surface area contributed by atoms with Gasteiger partial charge in [-0.1, -0.05) is 15.9 Å². The highest BCUT2D eigenvalue weighted by molar-refractivity contribution is 9.10. The fourth-order valence-electron chi connectivity index (χ4n) is 5.54. The first kappa shape index (κ1) is 18.7. The molecule has 4 aliphatic carbocycles. The molecule has 4 rings (SSSR count). The Balaban J connectivity index is 1.50. The fourth-order valence-corrected chi connectivity index (χ4v) is 7.05. The van der Waals surface area contributed by atoms with Crippen molar-refractivity contribution in [2.45, 2.75) is 49.3 Å². The number of ether oxygens (including phenoxy) is 1. The van der Waals surface area contributed by atoms with E-state index in [0.29, 0.717) is 18.3 Å². The molecule has 6 nitrogen and oxygen atoms in total. The molecule has 0 spiro atoms. The van der Waals surface area contributed by atoms with Gasteiger partial charge in [0.15, 0.2) is 6.61 Å². The Labute approximate surface area is 157 Å². The van der Waals surface area contributed by atoms with E-state index in [1.165, 1.54) is 38.3 Å². The van der Waals surface area contributed by atoms with Crippen LogP contribution in [0.3, 0.4) is 0 Å². The first-order valence-electron chi connectivity index (χ1n) is 9.02. The van der Waals surface area contributed by atoms with Gasteiger partial charge >= 0.3 is 5.97 Å². The standard InChI is InChI=1S/C18H27BrN2O4/c1-20-14(22)9-21(2)15(23)10-25-16(24)8-17-4-12-3-13(5-17)7-18(19,6-12)11-17/h12-13H,3-11H2,1-2H3,(H,20,22)/t12-,13+,17?,18?. The largest absolute Gasteiger partial charge is 0.456 e. The molecule has 2 unspecified atom stereocenters. The number of hydrogen-bond donors (Lipinski definition) is 1. The van der Waals surface area contributed by atoms with Gasteiger partial charge in [0, 0.05) is 18.4 Å². The van der Waals surface area contributed by atoms with Crippen LogP contribution >= 0.6 is 15.9 Å². The molecule has 0 aromatic heterocycles. The van der Waals surface area contributed by atoms with E-state index < -0.39 is 0 Å². The van der Waals surface area contributed by atoms with Crippen molar-refractivity contribution >= 4 is 33.7 Å². The Hall–Kier alpha value is -1.11. The summed E-state index contributed by atoms with van der Waals surface area (Å²) >= 11 is 3.94. The zero-order valence-corrected chi connectivity index (χ0v) is 16.6. The first-order chi connectivity index (χ1) is 11.7. The molecule has 4 aliphatic rings. The monoisotopic (exact) mass is 414 g/mol. The average molecular weight is 415 g/mol. The molecule has 0 saturated heterocycles. The Kier molecular flexibility index (Phi) is 5.15. The topological polar surface area (TPSA) is 75.7 Å². The third kappa shape index (κ3) is 4.18. The number of nitrogens with one attached hydrogen (secondary N) is 1. The minimum absolute atomic E-state index is 0.0354. The Morgan fingerprint density at radius 3 is 2.40 bits per heavy atom.